The van der Waals surface area contributed by atoms with E-state index in [1.807, 2.05) is 25.1 Å². The molecule has 2 aromatic rings. The first kappa shape index (κ1) is 15.3. The van der Waals surface area contributed by atoms with Gasteiger partial charge in [0.2, 0.25) is 0 Å². The van der Waals surface area contributed by atoms with Gasteiger partial charge in [0.1, 0.15) is 16.9 Å². The molecular weight excluding hydrogens is 268 g/mol. The fourth-order valence-electron chi connectivity index (χ4n) is 2.07. The molecule has 0 spiro atoms. The number of carbonyl (C=O) groups excluding carboxylic acids is 1. The van der Waals surface area contributed by atoms with Gasteiger partial charge < -0.3 is 14.8 Å². The molecule has 0 aliphatic rings. The number of rotatable bonds is 5. The Kier molecular flexibility index (Phi) is 4.43. The molecule has 1 aromatic carbocycles. The van der Waals surface area contributed by atoms with Gasteiger partial charge in [0, 0.05) is 18.7 Å². The zero-order valence-corrected chi connectivity index (χ0v) is 12.8. The van der Waals surface area contributed by atoms with Gasteiger partial charge in [-0.25, -0.2) is 0 Å². The fourth-order valence-corrected chi connectivity index (χ4v) is 2.07. The van der Waals surface area contributed by atoms with E-state index < -0.39 is 5.60 Å². The van der Waals surface area contributed by atoms with E-state index in [0.717, 1.165) is 5.39 Å². The van der Waals surface area contributed by atoms with E-state index in [1.54, 1.807) is 26.3 Å². The highest BCUT2D eigenvalue weighted by molar-refractivity contribution is 6.05. The summed E-state index contributed by atoms with van der Waals surface area (Å²) in [5.41, 5.74) is 0.558. The molecule has 5 heteroatoms. The number of hydrogen-bond acceptors (Lipinski definition) is 4. The van der Waals surface area contributed by atoms with E-state index in [9.17, 15) is 4.79 Å². The Morgan fingerprint density at radius 3 is 2.71 bits per heavy atom. The Labute approximate surface area is 124 Å². The summed E-state index contributed by atoms with van der Waals surface area (Å²) in [7, 11) is 3.14. The van der Waals surface area contributed by atoms with Crippen LogP contribution in [-0.4, -0.2) is 30.7 Å². The minimum absolute atomic E-state index is 0.178. The lowest BCUT2D eigenvalue weighted by atomic mass is 10.0. The number of fused-ring (bicyclic) bond motifs is 1. The van der Waals surface area contributed by atoms with Crippen LogP contribution in [0.2, 0.25) is 0 Å². The lowest BCUT2D eigenvalue weighted by molar-refractivity contribution is -0.136. The summed E-state index contributed by atoms with van der Waals surface area (Å²) in [4.78, 5) is 16.7. The minimum atomic E-state index is -0.853. The first-order valence-corrected chi connectivity index (χ1v) is 6.84. The average molecular weight is 288 g/mol. The number of carbonyl (C=O) groups is 1. The van der Waals surface area contributed by atoms with Gasteiger partial charge in [-0.15, -0.1) is 0 Å². The summed E-state index contributed by atoms with van der Waals surface area (Å²) in [5.74, 6) is 0.497. The van der Waals surface area contributed by atoms with Crippen molar-refractivity contribution in [1.82, 2.24) is 4.98 Å². The largest absolute Gasteiger partial charge is 0.494 e. The molecule has 1 aromatic heterocycles. The molecule has 1 atom stereocenters. The predicted molar refractivity (Wildman–Crippen MR) is 82.6 cm³/mol. The van der Waals surface area contributed by atoms with Crippen LogP contribution in [0.15, 0.2) is 30.5 Å². The number of benzene rings is 1. The Balaban J connectivity index is 2.42. The highest BCUT2D eigenvalue weighted by atomic mass is 16.5. The van der Waals surface area contributed by atoms with Crippen LogP contribution < -0.4 is 10.1 Å². The van der Waals surface area contributed by atoms with E-state index >= 15 is 0 Å². The number of anilines is 1. The molecule has 0 radical (unpaired) electrons. The summed E-state index contributed by atoms with van der Waals surface area (Å²) in [6.45, 7) is 3.68. The zero-order valence-electron chi connectivity index (χ0n) is 12.8. The van der Waals surface area contributed by atoms with Crippen molar-refractivity contribution >= 4 is 22.5 Å². The maximum absolute atomic E-state index is 12.4. The number of hydrogen-bond donors (Lipinski definition) is 1. The molecule has 112 valence electrons. The lowest BCUT2D eigenvalue weighted by Crippen LogP contribution is -2.41. The van der Waals surface area contributed by atoms with Gasteiger partial charge in [0.05, 0.1) is 12.8 Å². The molecule has 0 aliphatic heterocycles. The Bertz CT molecular complexity index is 651. The summed E-state index contributed by atoms with van der Waals surface area (Å²) in [5, 5.41) is 3.75. The summed E-state index contributed by atoms with van der Waals surface area (Å²) in [6.07, 6.45) is 2.28. The van der Waals surface area contributed by atoms with Crippen molar-refractivity contribution in [3.8, 4) is 5.75 Å². The van der Waals surface area contributed by atoms with Gasteiger partial charge in [-0.05, 0) is 37.6 Å². The van der Waals surface area contributed by atoms with Crippen molar-refractivity contribution in [2.75, 3.05) is 19.5 Å². The Hall–Kier alpha value is -2.14. The van der Waals surface area contributed by atoms with Gasteiger partial charge in [-0.3, -0.25) is 9.78 Å². The number of amides is 1. The molecule has 0 aliphatic carbocycles. The lowest BCUT2D eigenvalue weighted by Gasteiger charge is -2.25. The van der Waals surface area contributed by atoms with Gasteiger partial charge in [-0.2, -0.15) is 0 Å². The maximum atomic E-state index is 12.4. The summed E-state index contributed by atoms with van der Waals surface area (Å²) >= 11 is 0. The van der Waals surface area contributed by atoms with Crippen molar-refractivity contribution in [3.05, 3.63) is 30.5 Å². The van der Waals surface area contributed by atoms with Crippen LogP contribution in [0.3, 0.4) is 0 Å². The van der Waals surface area contributed by atoms with Gasteiger partial charge in [0.15, 0.2) is 0 Å². The number of ether oxygens (including phenoxy) is 2. The van der Waals surface area contributed by atoms with Crippen LogP contribution >= 0.6 is 0 Å². The second-order valence-corrected chi connectivity index (χ2v) is 4.96. The van der Waals surface area contributed by atoms with Gasteiger partial charge in [0.25, 0.3) is 5.91 Å². The Morgan fingerprint density at radius 1 is 1.33 bits per heavy atom. The minimum Gasteiger partial charge on any atom is -0.494 e. The third kappa shape index (κ3) is 2.83. The monoisotopic (exact) mass is 288 g/mol. The molecule has 5 nitrogen and oxygen atoms in total. The molecule has 0 fully saturated rings. The molecule has 0 bridgehead atoms. The predicted octanol–water partition coefficient (Wildman–Crippen LogP) is 3.00. The molecule has 1 amide bonds. The molecular formula is C16H20N2O3. The van der Waals surface area contributed by atoms with Crippen molar-refractivity contribution in [2.24, 2.45) is 0 Å². The molecule has 0 saturated carbocycles. The highest BCUT2D eigenvalue weighted by Crippen LogP contribution is 2.30. The number of nitrogens with zero attached hydrogens (tertiary/aromatic N) is 1. The highest BCUT2D eigenvalue weighted by Gasteiger charge is 2.31. The third-order valence-corrected chi connectivity index (χ3v) is 3.81. The third-order valence-electron chi connectivity index (χ3n) is 3.81. The standard InChI is InChI=1S/C16H20N2O3/c1-5-16(2,21-4)15(19)18-12-8-9-13(20-3)14-11(12)7-6-10-17-14/h6-10H,5H2,1-4H3,(H,18,19). The number of pyridine rings is 1. The number of aromatic nitrogens is 1. The van der Waals surface area contributed by atoms with Crippen LogP contribution in [0, 0.1) is 0 Å². The Morgan fingerprint density at radius 2 is 2.10 bits per heavy atom. The average Bonchev–Trinajstić information content (AvgIpc) is 2.54. The van der Waals surface area contributed by atoms with Crippen molar-refractivity contribution in [2.45, 2.75) is 25.9 Å². The molecule has 21 heavy (non-hydrogen) atoms. The van der Waals surface area contributed by atoms with Crippen LogP contribution in [0.1, 0.15) is 20.3 Å². The van der Waals surface area contributed by atoms with Crippen molar-refractivity contribution in [3.63, 3.8) is 0 Å². The molecule has 1 unspecified atom stereocenters. The van der Waals surface area contributed by atoms with Gasteiger partial charge >= 0.3 is 0 Å². The number of methoxy groups -OCH3 is 2. The zero-order chi connectivity index (χ0) is 15.5. The quantitative estimate of drug-likeness (QED) is 0.918. The SMILES string of the molecule is CCC(C)(OC)C(=O)Nc1ccc(OC)c2ncccc12. The first-order chi connectivity index (χ1) is 10.1. The molecule has 2 rings (SSSR count). The second kappa shape index (κ2) is 6.10. The van der Waals surface area contributed by atoms with Crippen molar-refractivity contribution < 1.29 is 14.3 Å². The normalized spacial score (nSPS) is 13.7. The van der Waals surface area contributed by atoms with E-state index in [0.29, 0.717) is 23.4 Å². The second-order valence-electron chi connectivity index (χ2n) is 4.96. The van der Waals surface area contributed by atoms with E-state index in [4.69, 9.17) is 9.47 Å². The van der Waals surface area contributed by atoms with Crippen LogP contribution in [-0.2, 0) is 9.53 Å². The van der Waals surface area contributed by atoms with Crippen LogP contribution in [0.4, 0.5) is 5.69 Å². The molecule has 0 saturated heterocycles. The topological polar surface area (TPSA) is 60.5 Å². The summed E-state index contributed by atoms with van der Waals surface area (Å²) < 4.78 is 10.6. The number of nitrogens with one attached hydrogen (secondary N) is 1. The van der Waals surface area contributed by atoms with Crippen molar-refractivity contribution in [1.29, 1.82) is 0 Å². The summed E-state index contributed by atoms with van der Waals surface area (Å²) in [6, 6.07) is 7.33. The van der Waals surface area contributed by atoms with E-state index in [1.165, 1.54) is 7.11 Å². The smallest absolute Gasteiger partial charge is 0.256 e. The maximum Gasteiger partial charge on any atom is 0.256 e. The first-order valence-electron chi connectivity index (χ1n) is 6.84. The van der Waals surface area contributed by atoms with E-state index in [2.05, 4.69) is 10.3 Å². The molecule has 1 N–H and O–H groups in total. The van der Waals surface area contributed by atoms with E-state index in [-0.39, 0.29) is 5.91 Å². The van der Waals surface area contributed by atoms with Crippen LogP contribution in [0.25, 0.3) is 10.9 Å². The molecule has 1 heterocycles. The van der Waals surface area contributed by atoms with Crippen LogP contribution in [0.5, 0.6) is 5.75 Å². The van der Waals surface area contributed by atoms with Gasteiger partial charge in [-0.1, -0.05) is 6.92 Å². The fraction of sp³-hybridized carbons (Fsp3) is 0.375.